The van der Waals surface area contributed by atoms with E-state index in [1.165, 1.54) is 15.6 Å². The molecule has 0 radical (unpaired) electrons. The molecule has 1 aromatic heterocycles. The van der Waals surface area contributed by atoms with Gasteiger partial charge in [0.1, 0.15) is 11.9 Å². The lowest BCUT2D eigenvalue weighted by molar-refractivity contribution is -0.169. The number of aliphatic hydroxyl groups excluding tert-OH is 1. The van der Waals surface area contributed by atoms with E-state index < -0.39 is 28.3 Å². The molecule has 2 aliphatic carbocycles. The van der Waals surface area contributed by atoms with Gasteiger partial charge in [0.2, 0.25) is 10.0 Å². The van der Waals surface area contributed by atoms with Crippen LogP contribution in [0, 0.1) is 23.7 Å². The van der Waals surface area contributed by atoms with Gasteiger partial charge in [0.05, 0.1) is 47.6 Å². The van der Waals surface area contributed by atoms with Crippen molar-refractivity contribution in [2.45, 2.75) is 75.0 Å². The number of nitrogens with zero attached hydrogens (tertiary/aromatic N) is 2. The Hall–Kier alpha value is -3.01. The summed E-state index contributed by atoms with van der Waals surface area (Å²) in [5.41, 5.74) is 1.57. The van der Waals surface area contributed by atoms with Crippen molar-refractivity contribution in [3.05, 3.63) is 48.0 Å². The Morgan fingerprint density at radius 3 is 2.60 bits per heavy atom. The van der Waals surface area contributed by atoms with Crippen LogP contribution in [0.2, 0.25) is 0 Å². The van der Waals surface area contributed by atoms with Crippen molar-refractivity contribution >= 4 is 42.8 Å². The number of benzene rings is 2. The largest absolute Gasteiger partial charge is 0.497 e. The quantitative estimate of drug-likeness (QED) is 0.223. The van der Waals surface area contributed by atoms with Crippen LogP contribution in [0.5, 0.6) is 5.75 Å². The van der Waals surface area contributed by atoms with Crippen molar-refractivity contribution in [1.82, 2.24) is 14.6 Å². The molecule has 12 nitrogen and oxygen atoms in total. The SMILES string of the molecule is COc1ccc(C[C@H](NC(=O)O[C@H]2C3COC4OCC2C4C3)[C@H](O)CN(CC(C)C)S(=O)(=O)c2ccc3nc(NC4CC4)sc3c2)cc1. The highest BCUT2D eigenvalue weighted by atomic mass is 32.2. The average Bonchev–Trinajstić information content (AvgIpc) is 3.51. The summed E-state index contributed by atoms with van der Waals surface area (Å²) in [4.78, 5) is 18.2. The highest BCUT2D eigenvalue weighted by Crippen LogP contribution is 2.49. The number of alkyl carbamates (subject to hydrolysis) is 1. The van der Waals surface area contributed by atoms with E-state index in [1.54, 1.807) is 25.3 Å². The first-order valence-electron chi connectivity index (χ1n) is 16.8. The maximum atomic E-state index is 14.2. The molecule has 2 aromatic carbocycles. The lowest BCUT2D eigenvalue weighted by Gasteiger charge is -2.31. The molecule has 2 saturated carbocycles. The number of methoxy groups -OCH3 is 1. The Balaban J connectivity index is 1.10. The van der Waals surface area contributed by atoms with Gasteiger partial charge in [0.25, 0.3) is 0 Å². The first-order chi connectivity index (χ1) is 23.1. The molecule has 4 aliphatic rings. The summed E-state index contributed by atoms with van der Waals surface area (Å²) >= 11 is 1.43. The van der Waals surface area contributed by atoms with Crippen LogP contribution in [0.3, 0.4) is 0 Å². The number of thiazole rings is 1. The molecule has 7 rings (SSSR count). The zero-order valence-electron chi connectivity index (χ0n) is 27.4. The number of hydrogen-bond donors (Lipinski definition) is 3. The second kappa shape index (κ2) is 13.7. The number of fused-ring (bicyclic) bond motifs is 2. The van der Waals surface area contributed by atoms with Crippen molar-refractivity contribution in [2.75, 3.05) is 38.7 Å². The van der Waals surface area contributed by atoms with Crippen LogP contribution < -0.4 is 15.4 Å². The minimum Gasteiger partial charge on any atom is -0.497 e. The van der Waals surface area contributed by atoms with Gasteiger partial charge < -0.3 is 34.7 Å². The third-order valence-corrected chi connectivity index (χ3v) is 12.6. The Labute approximate surface area is 285 Å². The van der Waals surface area contributed by atoms with Crippen LogP contribution in [0.4, 0.5) is 9.93 Å². The second-order valence-corrected chi connectivity index (χ2v) is 16.9. The molecule has 1 amide bonds. The van der Waals surface area contributed by atoms with E-state index in [4.69, 9.17) is 18.9 Å². The maximum Gasteiger partial charge on any atom is 0.407 e. The number of ether oxygens (including phenoxy) is 4. The third-order valence-electron chi connectivity index (χ3n) is 9.78. The number of rotatable bonds is 14. The first kappa shape index (κ1) is 33.5. The van der Waals surface area contributed by atoms with Gasteiger partial charge in [-0.05, 0) is 67.5 Å². The van der Waals surface area contributed by atoms with Gasteiger partial charge in [-0.25, -0.2) is 18.2 Å². The number of carbonyl (C=O) groups is 1. The molecule has 48 heavy (non-hydrogen) atoms. The molecule has 2 saturated heterocycles. The van der Waals surface area contributed by atoms with Crippen molar-refractivity contribution in [3.63, 3.8) is 0 Å². The highest BCUT2D eigenvalue weighted by Gasteiger charge is 2.56. The first-order valence-corrected chi connectivity index (χ1v) is 19.0. The van der Waals surface area contributed by atoms with Gasteiger partial charge in [-0.1, -0.05) is 37.3 Å². The fraction of sp³-hybridized carbons (Fsp3) is 0.588. The fourth-order valence-electron chi connectivity index (χ4n) is 7.15. The number of nitrogens with one attached hydrogen (secondary N) is 2. The van der Waals surface area contributed by atoms with Crippen molar-refractivity contribution in [2.24, 2.45) is 23.7 Å². The summed E-state index contributed by atoms with van der Waals surface area (Å²) < 4.78 is 53.3. The van der Waals surface area contributed by atoms with E-state index in [0.29, 0.717) is 25.0 Å². The van der Waals surface area contributed by atoms with Crippen molar-refractivity contribution in [3.8, 4) is 5.75 Å². The van der Waals surface area contributed by atoms with E-state index in [9.17, 15) is 18.3 Å². The molecule has 3 heterocycles. The van der Waals surface area contributed by atoms with Crippen LogP contribution in [0.15, 0.2) is 47.4 Å². The standard InChI is InChI=1S/C34H44N4O8S2/c1-19(2)15-38(48(41,42)24-10-11-27-30(14-24)47-33(36-27)35-22-6-7-22)16-29(39)28(12-20-4-8-23(43-3)9-5-20)37-34(40)46-31-21-13-25-26(31)18-45-32(25)44-17-21/h4-5,8-11,14,19,21-22,25-26,28-29,31-32,39H,6-7,12-13,15-18H2,1-3H3,(H,35,36)(H,37,40)/t21?,25?,26?,28-,29+,31-,32?/m0/s1. The number of sulfonamides is 1. The molecule has 4 unspecified atom stereocenters. The highest BCUT2D eigenvalue weighted by molar-refractivity contribution is 7.89. The summed E-state index contributed by atoms with van der Waals surface area (Å²) in [5, 5.41) is 18.8. The summed E-state index contributed by atoms with van der Waals surface area (Å²) in [6.07, 6.45) is 0.867. The predicted molar refractivity (Wildman–Crippen MR) is 181 cm³/mol. The minimum atomic E-state index is -4.02. The zero-order chi connectivity index (χ0) is 33.6. The fourth-order valence-corrected chi connectivity index (χ4v) is 9.85. The number of carbonyl (C=O) groups excluding carboxylic acids is 1. The molecule has 7 atom stereocenters. The summed E-state index contributed by atoms with van der Waals surface area (Å²) in [5.74, 6) is 1.04. The summed E-state index contributed by atoms with van der Waals surface area (Å²) in [6.45, 7) is 4.77. The van der Waals surface area contributed by atoms with Gasteiger partial charge >= 0.3 is 6.09 Å². The molecule has 14 heteroatoms. The van der Waals surface area contributed by atoms with Gasteiger partial charge in [-0.2, -0.15) is 4.31 Å². The van der Waals surface area contributed by atoms with E-state index in [2.05, 4.69) is 15.6 Å². The smallest absolute Gasteiger partial charge is 0.407 e. The van der Waals surface area contributed by atoms with E-state index in [-0.39, 0.29) is 60.5 Å². The lowest BCUT2D eigenvalue weighted by atomic mass is 9.98. The van der Waals surface area contributed by atoms with Gasteiger partial charge in [-0.3, -0.25) is 0 Å². The third kappa shape index (κ3) is 7.15. The van der Waals surface area contributed by atoms with E-state index >= 15 is 0 Å². The Bertz CT molecular complexity index is 1710. The van der Waals surface area contributed by atoms with Crippen molar-refractivity contribution < 1.29 is 37.3 Å². The van der Waals surface area contributed by atoms with E-state index in [1.807, 2.05) is 38.1 Å². The number of aromatic nitrogens is 1. The van der Waals surface area contributed by atoms with Crippen LogP contribution in [0.1, 0.15) is 38.7 Å². The number of aliphatic hydroxyl groups is 1. The molecule has 3 N–H and O–H groups in total. The van der Waals surface area contributed by atoms with Crippen LogP contribution >= 0.6 is 11.3 Å². The molecule has 2 aliphatic heterocycles. The van der Waals surface area contributed by atoms with Gasteiger partial charge in [0.15, 0.2) is 11.4 Å². The predicted octanol–water partition coefficient (Wildman–Crippen LogP) is 4.23. The minimum absolute atomic E-state index is 0.0205. The summed E-state index contributed by atoms with van der Waals surface area (Å²) in [6, 6.07) is 11.9. The van der Waals surface area contributed by atoms with Gasteiger partial charge in [-0.15, -0.1) is 0 Å². The van der Waals surface area contributed by atoms with Crippen molar-refractivity contribution in [1.29, 1.82) is 0 Å². The molecule has 3 aromatic rings. The molecule has 4 fully saturated rings. The number of anilines is 1. The van der Waals surface area contributed by atoms with Crippen LogP contribution in [-0.2, 0) is 30.7 Å². The molecule has 0 spiro atoms. The molecular formula is C34H44N4O8S2. The monoisotopic (exact) mass is 700 g/mol. The number of hydrogen-bond acceptors (Lipinski definition) is 11. The Morgan fingerprint density at radius 2 is 1.88 bits per heavy atom. The normalized spacial score (nSPS) is 26.2. The molecule has 2 bridgehead atoms. The maximum absolute atomic E-state index is 14.2. The molecular weight excluding hydrogens is 657 g/mol. The number of amides is 1. The molecule has 260 valence electrons. The van der Waals surface area contributed by atoms with E-state index in [0.717, 1.165) is 40.2 Å². The second-order valence-electron chi connectivity index (χ2n) is 13.9. The summed E-state index contributed by atoms with van der Waals surface area (Å²) in [7, 11) is -2.44. The lowest BCUT2D eigenvalue weighted by Crippen LogP contribution is -2.52. The van der Waals surface area contributed by atoms with Crippen LogP contribution in [-0.4, -0.2) is 92.9 Å². The Morgan fingerprint density at radius 1 is 1.10 bits per heavy atom. The Kier molecular flexibility index (Phi) is 9.57. The topological polar surface area (TPSA) is 149 Å². The zero-order valence-corrected chi connectivity index (χ0v) is 29.0. The van der Waals surface area contributed by atoms with Crippen LogP contribution in [0.25, 0.3) is 10.2 Å². The average molecular weight is 701 g/mol. The van der Waals surface area contributed by atoms with Gasteiger partial charge in [0, 0.05) is 36.9 Å².